The normalized spacial score (nSPS) is 12.4. The summed E-state index contributed by atoms with van der Waals surface area (Å²) in [5.41, 5.74) is 1.51. The van der Waals surface area contributed by atoms with Crippen molar-refractivity contribution in [1.29, 1.82) is 0 Å². The molecular formula is C24H31F2N3O4S. The van der Waals surface area contributed by atoms with E-state index < -0.39 is 40.2 Å². The summed E-state index contributed by atoms with van der Waals surface area (Å²) in [4.78, 5) is 27.7. The maximum absolute atomic E-state index is 13.8. The molecule has 0 spiro atoms. The van der Waals surface area contributed by atoms with Gasteiger partial charge in [0.1, 0.15) is 12.6 Å². The van der Waals surface area contributed by atoms with Gasteiger partial charge in [0.05, 0.1) is 11.9 Å². The van der Waals surface area contributed by atoms with Crippen molar-refractivity contribution >= 4 is 27.5 Å². The summed E-state index contributed by atoms with van der Waals surface area (Å²) in [6.07, 6.45) is 1.16. The van der Waals surface area contributed by atoms with Crippen molar-refractivity contribution in [2.75, 3.05) is 17.1 Å². The molecular weight excluding hydrogens is 464 g/mol. The minimum absolute atomic E-state index is 0.0743. The zero-order valence-corrected chi connectivity index (χ0v) is 20.8. The van der Waals surface area contributed by atoms with E-state index in [1.54, 1.807) is 20.8 Å². The van der Waals surface area contributed by atoms with Crippen molar-refractivity contribution in [2.45, 2.75) is 52.7 Å². The lowest BCUT2D eigenvalue weighted by Crippen LogP contribution is -2.53. The molecule has 0 aliphatic carbocycles. The summed E-state index contributed by atoms with van der Waals surface area (Å²) >= 11 is 0. The van der Waals surface area contributed by atoms with Gasteiger partial charge in [0.15, 0.2) is 11.6 Å². The number of nitrogens with one attached hydrogen (secondary N) is 1. The summed E-state index contributed by atoms with van der Waals surface area (Å²) in [5.74, 6) is -3.39. The number of nitrogens with zero attached hydrogens (tertiary/aromatic N) is 2. The molecule has 0 saturated carbocycles. The van der Waals surface area contributed by atoms with Crippen LogP contribution in [-0.4, -0.2) is 50.0 Å². The van der Waals surface area contributed by atoms with Crippen LogP contribution in [0.3, 0.4) is 0 Å². The third-order valence-corrected chi connectivity index (χ3v) is 6.43. The number of anilines is 1. The summed E-state index contributed by atoms with van der Waals surface area (Å²) in [6, 6.07) is 8.94. The van der Waals surface area contributed by atoms with E-state index in [9.17, 15) is 26.8 Å². The van der Waals surface area contributed by atoms with Crippen molar-refractivity contribution in [3.8, 4) is 0 Å². The first-order chi connectivity index (χ1) is 15.8. The Morgan fingerprint density at radius 2 is 1.71 bits per heavy atom. The van der Waals surface area contributed by atoms with E-state index in [0.717, 1.165) is 35.6 Å². The van der Waals surface area contributed by atoms with Gasteiger partial charge in [0.2, 0.25) is 21.8 Å². The predicted octanol–water partition coefficient (Wildman–Crippen LogP) is 3.37. The van der Waals surface area contributed by atoms with Crippen LogP contribution in [0.1, 0.15) is 38.3 Å². The van der Waals surface area contributed by atoms with Crippen LogP contribution in [-0.2, 0) is 26.2 Å². The largest absolute Gasteiger partial charge is 0.352 e. The number of aryl methyl sites for hydroxylation is 1. The fraction of sp³-hybridized carbons (Fsp3) is 0.417. The van der Waals surface area contributed by atoms with Crippen LogP contribution in [0.5, 0.6) is 0 Å². The van der Waals surface area contributed by atoms with Gasteiger partial charge in [-0.1, -0.05) is 31.2 Å². The van der Waals surface area contributed by atoms with Gasteiger partial charge in [0, 0.05) is 18.7 Å². The van der Waals surface area contributed by atoms with Crippen LogP contribution in [0, 0.1) is 18.6 Å². The minimum atomic E-state index is -4.03. The summed E-state index contributed by atoms with van der Waals surface area (Å²) in [7, 11) is -4.03. The highest BCUT2D eigenvalue weighted by molar-refractivity contribution is 7.92. The van der Waals surface area contributed by atoms with Gasteiger partial charge in [0.25, 0.3) is 0 Å². The van der Waals surface area contributed by atoms with Gasteiger partial charge < -0.3 is 10.2 Å². The number of amides is 2. The number of benzene rings is 2. The molecule has 0 fully saturated rings. The maximum Gasteiger partial charge on any atom is 0.244 e. The van der Waals surface area contributed by atoms with Gasteiger partial charge in [-0.3, -0.25) is 13.9 Å². The Bertz CT molecular complexity index is 1140. The van der Waals surface area contributed by atoms with Crippen LogP contribution in [0.4, 0.5) is 14.5 Å². The van der Waals surface area contributed by atoms with E-state index in [1.165, 1.54) is 4.90 Å². The monoisotopic (exact) mass is 495 g/mol. The number of rotatable bonds is 10. The van der Waals surface area contributed by atoms with Crippen molar-refractivity contribution < 1.29 is 26.8 Å². The van der Waals surface area contributed by atoms with Gasteiger partial charge in [-0.05, 0) is 50.5 Å². The highest BCUT2D eigenvalue weighted by atomic mass is 32.2. The number of sulfonamides is 1. The zero-order valence-electron chi connectivity index (χ0n) is 20.0. The summed E-state index contributed by atoms with van der Waals surface area (Å²) in [6.45, 7) is 6.62. The molecule has 186 valence electrons. The van der Waals surface area contributed by atoms with Crippen LogP contribution in [0.15, 0.2) is 42.5 Å². The van der Waals surface area contributed by atoms with Crippen LogP contribution < -0.4 is 9.62 Å². The van der Waals surface area contributed by atoms with Gasteiger partial charge in [-0.15, -0.1) is 0 Å². The van der Waals surface area contributed by atoms with E-state index in [4.69, 9.17) is 0 Å². The molecule has 34 heavy (non-hydrogen) atoms. The van der Waals surface area contributed by atoms with Crippen LogP contribution >= 0.6 is 0 Å². The molecule has 0 aliphatic heterocycles. The molecule has 2 aromatic carbocycles. The van der Waals surface area contributed by atoms with Gasteiger partial charge in [-0.2, -0.15) is 0 Å². The molecule has 1 N–H and O–H groups in total. The van der Waals surface area contributed by atoms with Crippen molar-refractivity contribution in [3.63, 3.8) is 0 Å². The highest BCUT2D eigenvalue weighted by Gasteiger charge is 2.32. The standard InChI is InChI=1S/C24H31F2N3O4S/c1-6-22(24(31)27-16(2)3)28(14-18-10-8-7-9-17(18)4)23(30)15-29(34(5,32)33)19-11-12-20(25)21(26)13-19/h7-13,16,22H,6,14-15H2,1-5H3,(H,27,31). The Hall–Kier alpha value is -3.01. The second kappa shape index (κ2) is 11.4. The van der Waals surface area contributed by atoms with E-state index in [0.29, 0.717) is 10.7 Å². The topological polar surface area (TPSA) is 86.8 Å². The fourth-order valence-corrected chi connectivity index (χ4v) is 4.37. The first-order valence-electron chi connectivity index (χ1n) is 10.9. The first kappa shape index (κ1) is 27.2. The zero-order chi connectivity index (χ0) is 25.6. The molecule has 1 unspecified atom stereocenters. The molecule has 0 saturated heterocycles. The van der Waals surface area contributed by atoms with E-state index >= 15 is 0 Å². The molecule has 0 bridgehead atoms. The van der Waals surface area contributed by atoms with Crippen molar-refractivity contribution in [3.05, 3.63) is 65.2 Å². The quantitative estimate of drug-likeness (QED) is 0.548. The Balaban J connectivity index is 2.48. The Labute approximate surface area is 199 Å². The molecule has 1 atom stereocenters. The predicted molar refractivity (Wildman–Crippen MR) is 128 cm³/mol. The first-order valence-corrected chi connectivity index (χ1v) is 12.8. The number of hydrogen-bond donors (Lipinski definition) is 1. The third kappa shape index (κ3) is 6.99. The number of halogens is 2. The molecule has 2 rings (SSSR count). The average molecular weight is 496 g/mol. The van der Waals surface area contributed by atoms with Gasteiger partial charge in [-0.25, -0.2) is 17.2 Å². The molecule has 7 nitrogen and oxygen atoms in total. The van der Waals surface area contributed by atoms with Gasteiger partial charge >= 0.3 is 0 Å². The smallest absolute Gasteiger partial charge is 0.244 e. The molecule has 10 heteroatoms. The molecule has 0 radical (unpaired) electrons. The lowest BCUT2D eigenvalue weighted by molar-refractivity contribution is -0.140. The Morgan fingerprint density at radius 1 is 1.06 bits per heavy atom. The van der Waals surface area contributed by atoms with E-state index in [-0.39, 0.29) is 24.2 Å². The van der Waals surface area contributed by atoms with Crippen LogP contribution in [0.2, 0.25) is 0 Å². The van der Waals surface area contributed by atoms with Crippen molar-refractivity contribution in [2.24, 2.45) is 0 Å². The molecule has 2 aromatic rings. The molecule has 2 amide bonds. The Kier molecular flexibility index (Phi) is 9.14. The van der Waals surface area contributed by atoms with E-state index in [2.05, 4.69) is 5.32 Å². The summed E-state index contributed by atoms with van der Waals surface area (Å²) in [5, 5.41) is 2.80. The molecule has 0 aromatic heterocycles. The Morgan fingerprint density at radius 3 is 2.24 bits per heavy atom. The van der Waals surface area contributed by atoms with Crippen molar-refractivity contribution in [1.82, 2.24) is 10.2 Å². The average Bonchev–Trinajstić information content (AvgIpc) is 2.73. The fourth-order valence-electron chi connectivity index (χ4n) is 3.53. The highest BCUT2D eigenvalue weighted by Crippen LogP contribution is 2.22. The molecule has 0 aliphatic rings. The molecule has 0 heterocycles. The number of hydrogen-bond acceptors (Lipinski definition) is 4. The minimum Gasteiger partial charge on any atom is -0.352 e. The maximum atomic E-state index is 13.8. The van der Waals surface area contributed by atoms with Crippen LogP contribution in [0.25, 0.3) is 0 Å². The number of carbonyl (C=O) groups is 2. The number of carbonyl (C=O) groups excluding carboxylic acids is 2. The second-order valence-corrected chi connectivity index (χ2v) is 10.3. The SMILES string of the molecule is CCC(C(=O)NC(C)C)N(Cc1ccccc1C)C(=O)CN(c1ccc(F)c(F)c1)S(C)(=O)=O. The summed E-state index contributed by atoms with van der Waals surface area (Å²) < 4.78 is 52.9. The lowest BCUT2D eigenvalue weighted by Gasteiger charge is -2.33. The second-order valence-electron chi connectivity index (χ2n) is 8.40. The lowest BCUT2D eigenvalue weighted by atomic mass is 10.1. The third-order valence-electron chi connectivity index (χ3n) is 5.29. The van der Waals surface area contributed by atoms with E-state index in [1.807, 2.05) is 31.2 Å².